The largest absolute Gasteiger partial charge is 0.369 e. The fourth-order valence-electron chi connectivity index (χ4n) is 3.38. The van der Waals surface area contributed by atoms with Crippen molar-refractivity contribution >= 4 is 23.2 Å². The standard InChI is InChI=1S/C20H30ClN7/c1-22-20(24-16-19-7-9-25-26(19)2)23-8-4-10-27-11-13-28(14-12-27)18-6-3-5-17(21)15-18/h3,5-7,9,15H,4,8,10-14,16H2,1-2H3,(H2,22,23,24). The Labute approximate surface area is 172 Å². The molecule has 2 N–H and O–H groups in total. The summed E-state index contributed by atoms with van der Waals surface area (Å²) in [4.78, 5) is 9.22. The predicted octanol–water partition coefficient (Wildman–Crippen LogP) is 1.95. The number of nitrogens with zero attached hydrogens (tertiary/aromatic N) is 5. The number of rotatable bonds is 7. The zero-order valence-corrected chi connectivity index (χ0v) is 17.5. The number of aliphatic imine (C=N–C) groups is 1. The van der Waals surface area contributed by atoms with E-state index in [4.69, 9.17) is 11.6 Å². The summed E-state index contributed by atoms with van der Waals surface area (Å²) in [5.74, 6) is 0.826. The van der Waals surface area contributed by atoms with E-state index in [2.05, 4.69) is 36.6 Å². The number of hydrogen-bond donors (Lipinski definition) is 2. The number of benzene rings is 1. The van der Waals surface area contributed by atoms with E-state index in [1.54, 1.807) is 13.2 Å². The average Bonchev–Trinajstić information content (AvgIpc) is 3.13. The summed E-state index contributed by atoms with van der Waals surface area (Å²) >= 11 is 6.11. The van der Waals surface area contributed by atoms with Gasteiger partial charge in [0.15, 0.2) is 5.96 Å². The van der Waals surface area contributed by atoms with Crippen LogP contribution >= 0.6 is 11.6 Å². The maximum Gasteiger partial charge on any atom is 0.191 e. The molecule has 0 aliphatic carbocycles. The summed E-state index contributed by atoms with van der Waals surface area (Å²) in [5.41, 5.74) is 2.35. The van der Waals surface area contributed by atoms with Crippen molar-refractivity contribution in [2.24, 2.45) is 12.0 Å². The van der Waals surface area contributed by atoms with Crippen molar-refractivity contribution in [3.8, 4) is 0 Å². The maximum absolute atomic E-state index is 6.11. The SMILES string of the molecule is CN=C(NCCCN1CCN(c2cccc(Cl)c2)CC1)NCc1ccnn1C. The monoisotopic (exact) mass is 403 g/mol. The zero-order valence-electron chi connectivity index (χ0n) is 16.7. The van der Waals surface area contributed by atoms with E-state index < -0.39 is 0 Å². The number of nitrogens with one attached hydrogen (secondary N) is 2. The maximum atomic E-state index is 6.11. The predicted molar refractivity (Wildman–Crippen MR) is 116 cm³/mol. The zero-order chi connectivity index (χ0) is 19.8. The van der Waals surface area contributed by atoms with Crippen LogP contribution in [-0.2, 0) is 13.6 Å². The number of anilines is 1. The minimum atomic E-state index is 0.710. The molecule has 0 radical (unpaired) electrons. The first kappa shape index (κ1) is 20.5. The van der Waals surface area contributed by atoms with E-state index in [9.17, 15) is 0 Å². The minimum absolute atomic E-state index is 0.710. The topological polar surface area (TPSA) is 60.7 Å². The van der Waals surface area contributed by atoms with Crippen molar-refractivity contribution in [2.75, 3.05) is 51.2 Å². The Kier molecular flexibility index (Phi) is 7.56. The van der Waals surface area contributed by atoms with Crippen molar-refractivity contribution in [3.63, 3.8) is 0 Å². The number of guanidine groups is 1. The number of halogens is 1. The van der Waals surface area contributed by atoms with Crippen molar-refractivity contribution in [1.82, 2.24) is 25.3 Å². The molecule has 0 bridgehead atoms. The molecule has 1 aromatic carbocycles. The molecule has 1 saturated heterocycles. The minimum Gasteiger partial charge on any atom is -0.369 e. The van der Waals surface area contributed by atoms with Crippen molar-refractivity contribution in [1.29, 1.82) is 0 Å². The normalized spacial score (nSPS) is 15.7. The number of aryl methyl sites for hydroxylation is 1. The second kappa shape index (κ2) is 10.3. The summed E-state index contributed by atoms with van der Waals surface area (Å²) in [6.07, 6.45) is 2.89. The van der Waals surface area contributed by atoms with Gasteiger partial charge in [-0.25, -0.2) is 0 Å². The van der Waals surface area contributed by atoms with E-state index in [1.807, 2.05) is 36.0 Å². The molecule has 1 fully saturated rings. The summed E-state index contributed by atoms with van der Waals surface area (Å²) in [5, 5.41) is 11.7. The lowest BCUT2D eigenvalue weighted by Gasteiger charge is -2.36. The van der Waals surface area contributed by atoms with Gasteiger partial charge in [-0.1, -0.05) is 17.7 Å². The molecule has 1 aliphatic rings. The van der Waals surface area contributed by atoms with Crippen LogP contribution in [0.25, 0.3) is 0 Å². The van der Waals surface area contributed by atoms with Crippen LogP contribution in [0.5, 0.6) is 0 Å². The van der Waals surface area contributed by atoms with Crippen LogP contribution in [0.15, 0.2) is 41.5 Å². The molecule has 0 atom stereocenters. The van der Waals surface area contributed by atoms with Gasteiger partial charge >= 0.3 is 0 Å². The second-order valence-electron chi connectivity index (χ2n) is 6.96. The number of aromatic nitrogens is 2. The van der Waals surface area contributed by atoms with Gasteiger partial charge in [-0.15, -0.1) is 0 Å². The van der Waals surface area contributed by atoms with E-state index in [1.165, 1.54) is 5.69 Å². The third kappa shape index (κ3) is 5.87. The number of hydrogen-bond acceptors (Lipinski definition) is 4. The van der Waals surface area contributed by atoms with Crippen LogP contribution in [0.3, 0.4) is 0 Å². The Morgan fingerprint density at radius 1 is 1.18 bits per heavy atom. The molecule has 8 heteroatoms. The first-order chi connectivity index (χ1) is 13.7. The van der Waals surface area contributed by atoms with Gasteiger partial charge in [0.05, 0.1) is 12.2 Å². The highest BCUT2D eigenvalue weighted by Crippen LogP contribution is 2.20. The highest BCUT2D eigenvalue weighted by atomic mass is 35.5. The van der Waals surface area contributed by atoms with Gasteiger partial charge in [0.25, 0.3) is 0 Å². The van der Waals surface area contributed by atoms with Gasteiger partial charge in [-0.05, 0) is 37.2 Å². The molecule has 0 amide bonds. The molecule has 7 nitrogen and oxygen atoms in total. The van der Waals surface area contributed by atoms with E-state index in [0.717, 1.165) is 62.4 Å². The van der Waals surface area contributed by atoms with Crippen LogP contribution in [0.1, 0.15) is 12.1 Å². The Bertz CT molecular complexity index is 765. The molecule has 3 rings (SSSR count). The van der Waals surface area contributed by atoms with E-state index >= 15 is 0 Å². The summed E-state index contributed by atoms with van der Waals surface area (Å²) in [6, 6.07) is 10.1. The molecule has 1 aromatic heterocycles. The molecule has 0 unspecified atom stereocenters. The molecule has 0 spiro atoms. The fourth-order valence-corrected chi connectivity index (χ4v) is 3.57. The van der Waals surface area contributed by atoms with Crippen LogP contribution in [0.4, 0.5) is 5.69 Å². The Balaban J connectivity index is 1.31. The molecular weight excluding hydrogens is 374 g/mol. The van der Waals surface area contributed by atoms with Crippen molar-refractivity contribution in [2.45, 2.75) is 13.0 Å². The van der Waals surface area contributed by atoms with Gasteiger partial charge in [0.2, 0.25) is 0 Å². The third-order valence-corrected chi connectivity index (χ3v) is 5.31. The summed E-state index contributed by atoms with van der Waals surface area (Å²) < 4.78 is 1.86. The quantitative estimate of drug-likeness (QED) is 0.420. The lowest BCUT2D eigenvalue weighted by molar-refractivity contribution is 0.255. The van der Waals surface area contributed by atoms with Gasteiger partial charge in [0.1, 0.15) is 0 Å². The molecule has 28 heavy (non-hydrogen) atoms. The summed E-state index contributed by atoms with van der Waals surface area (Å²) in [6.45, 7) is 6.96. The smallest absolute Gasteiger partial charge is 0.191 e. The Morgan fingerprint density at radius 2 is 2.00 bits per heavy atom. The summed E-state index contributed by atoms with van der Waals surface area (Å²) in [7, 11) is 3.74. The highest BCUT2D eigenvalue weighted by Gasteiger charge is 2.16. The molecule has 152 valence electrons. The van der Waals surface area contributed by atoms with Gasteiger partial charge in [-0.3, -0.25) is 14.6 Å². The molecule has 0 saturated carbocycles. The first-order valence-corrected chi connectivity index (χ1v) is 10.2. The van der Waals surface area contributed by atoms with Gasteiger partial charge in [-0.2, -0.15) is 5.10 Å². The lowest BCUT2D eigenvalue weighted by atomic mass is 10.2. The van der Waals surface area contributed by atoms with Crippen LogP contribution in [-0.4, -0.2) is 67.0 Å². The first-order valence-electron chi connectivity index (χ1n) is 9.80. The van der Waals surface area contributed by atoms with E-state index in [-0.39, 0.29) is 0 Å². The highest BCUT2D eigenvalue weighted by molar-refractivity contribution is 6.30. The van der Waals surface area contributed by atoms with Crippen LogP contribution < -0.4 is 15.5 Å². The lowest BCUT2D eigenvalue weighted by Crippen LogP contribution is -2.47. The molecule has 2 aromatic rings. The van der Waals surface area contributed by atoms with Crippen molar-refractivity contribution in [3.05, 3.63) is 47.2 Å². The Hall–Kier alpha value is -2.25. The second-order valence-corrected chi connectivity index (χ2v) is 7.40. The fraction of sp³-hybridized carbons (Fsp3) is 0.500. The Morgan fingerprint density at radius 3 is 2.68 bits per heavy atom. The van der Waals surface area contributed by atoms with Crippen LogP contribution in [0, 0.1) is 0 Å². The molecule has 2 heterocycles. The number of piperazine rings is 1. The van der Waals surface area contributed by atoms with Gasteiger partial charge < -0.3 is 15.5 Å². The average molecular weight is 404 g/mol. The van der Waals surface area contributed by atoms with Crippen molar-refractivity contribution < 1.29 is 0 Å². The third-order valence-electron chi connectivity index (χ3n) is 5.07. The molecular formula is C20H30ClN7. The van der Waals surface area contributed by atoms with Crippen LogP contribution in [0.2, 0.25) is 5.02 Å². The van der Waals surface area contributed by atoms with Gasteiger partial charge in [0, 0.05) is 63.7 Å². The van der Waals surface area contributed by atoms with E-state index in [0.29, 0.717) is 6.54 Å². The molecule has 1 aliphatic heterocycles.